The number of rotatable bonds is 2. The van der Waals surface area contributed by atoms with E-state index in [1.54, 1.807) is 0 Å². The minimum absolute atomic E-state index is 0.659. The predicted octanol–water partition coefficient (Wildman–Crippen LogP) is 1.86. The molecule has 1 fully saturated rings. The summed E-state index contributed by atoms with van der Waals surface area (Å²) in [6.07, 6.45) is 0. The van der Waals surface area contributed by atoms with Crippen molar-refractivity contribution in [2.45, 2.75) is 6.04 Å². The fourth-order valence-corrected chi connectivity index (χ4v) is 2.10. The quantitative estimate of drug-likeness (QED) is 0.850. The first-order chi connectivity index (χ1) is 6.31. The molecule has 0 spiro atoms. The Kier molecular flexibility index (Phi) is 2.56. The molecule has 0 aromatic heterocycles. The third kappa shape index (κ3) is 1.71. The van der Waals surface area contributed by atoms with Crippen molar-refractivity contribution in [2.24, 2.45) is 0 Å². The van der Waals surface area contributed by atoms with Crippen LogP contribution in [0.3, 0.4) is 0 Å². The Morgan fingerprint density at radius 1 is 1.38 bits per heavy atom. The molecule has 13 heavy (non-hydrogen) atoms. The number of para-hydroxylation sites is 1. The molecule has 1 heterocycles. The fourth-order valence-electron chi connectivity index (χ4n) is 1.57. The summed E-state index contributed by atoms with van der Waals surface area (Å²) in [4.78, 5) is 2.37. The highest BCUT2D eigenvalue weighted by Gasteiger charge is 2.25. The highest BCUT2D eigenvalue weighted by Crippen LogP contribution is 2.28. The first-order valence-corrected chi connectivity index (χ1v) is 5.27. The molecule has 3 heteroatoms. The van der Waals surface area contributed by atoms with E-state index in [2.05, 4.69) is 44.3 Å². The molecule has 0 atom stereocenters. The summed E-state index contributed by atoms with van der Waals surface area (Å²) >= 11 is 3.55. The lowest BCUT2D eigenvalue weighted by atomic mass is 10.1. The van der Waals surface area contributed by atoms with Gasteiger partial charge in [-0.05, 0) is 35.1 Å². The zero-order valence-corrected chi connectivity index (χ0v) is 9.21. The van der Waals surface area contributed by atoms with Crippen molar-refractivity contribution in [1.82, 2.24) is 5.32 Å². The van der Waals surface area contributed by atoms with Crippen LogP contribution in [-0.4, -0.2) is 26.2 Å². The number of benzene rings is 1. The molecule has 0 radical (unpaired) electrons. The molecule has 0 amide bonds. The van der Waals surface area contributed by atoms with E-state index in [0.717, 1.165) is 13.1 Å². The first-order valence-electron chi connectivity index (χ1n) is 4.48. The fraction of sp³-hybridized carbons (Fsp3) is 0.400. The van der Waals surface area contributed by atoms with Crippen molar-refractivity contribution in [1.29, 1.82) is 0 Å². The van der Waals surface area contributed by atoms with Crippen LogP contribution < -0.4 is 10.2 Å². The molecule has 1 N–H and O–H groups in total. The number of nitrogens with one attached hydrogen (secondary N) is 1. The number of hydrogen-bond acceptors (Lipinski definition) is 2. The Morgan fingerprint density at radius 2 is 2.08 bits per heavy atom. The zero-order valence-electron chi connectivity index (χ0n) is 7.63. The number of halogens is 1. The van der Waals surface area contributed by atoms with Crippen molar-refractivity contribution in [2.75, 3.05) is 25.0 Å². The first kappa shape index (κ1) is 9.03. The monoisotopic (exact) mass is 240 g/mol. The van der Waals surface area contributed by atoms with Crippen molar-refractivity contribution in [3.8, 4) is 0 Å². The molecule has 2 nitrogen and oxygen atoms in total. The van der Waals surface area contributed by atoms with Crippen LogP contribution >= 0.6 is 15.9 Å². The minimum atomic E-state index is 0.659. The van der Waals surface area contributed by atoms with E-state index in [1.807, 2.05) is 13.1 Å². The van der Waals surface area contributed by atoms with Gasteiger partial charge in [0.15, 0.2) is 0 Å². The van der Waals surface area contributed by atoms with Gasteiger partial charge in [0.25, 0.3) is 0 Å². The second-order valence-electron chi connectivity index (χ2n) is 3.34. The lowest BCUT2D eigenvalue weighted by Crippen LogP contribution is -2.57. The van der Waals surface area contributed by atoms with Crippen LogP contribution in [0.2, 0.25) is 0 Å². The lowest BCUT2D eigenvalue weighted by molar-refractivity contribution is 0.450. The van der Waals surface area contributed by atoms with Crippen LogP contribution in [0.4, 0.5) is 5.69 Å². The summed E-state index contributed by atoms with van der Waals surface area (Å²) in [7, 11) is 2.02. The molecule has 70 valence electrons. The van der Waals surface area contributed by atoms with Gasteiger partial charge in [-0.15, -0.1) is 0 Å². The molecule has 1 aromatic rings. The molecule has 1 saturated heterocycles. The number of likely N-dealkylation sites (N-methyl/N-ethyl adjacent to an activating group) is 1. The van der Waals surface area contributed by atoms with E-state index in [1.165, 1.54) is 10.2 Å². The third-order valence-corrected chi connectivity index (χ3v) is 3.15. The minimum Gasteiger partial charge on any atom is -0.367 e. The summed E-state index contributed by atoms with van der Waals surface area (Å²) in [5.41, 5.74) is 1.30. The molecule has 0 bridgehead atoms. The van der Waals surface area contributed by atoms with E-state index in [9.17, 15) is 0 Å². The molecule has 1 aliphatic heterocycles. The maximum atomic E-state index is 3.55. The summed E-state index contributed by atoms with van der Waals surface area (Å²) < 4.78 is 1.18. The zero-order chi connectivity index (χ0) is 9.26. The Morgan fingerprint density at radius 3 is 2.69 bits per heavy atom. The van der Waals surface area contributed by atoms with Gasteiger partial charge in [0.05, 0.1) is 5.69 Å². The van der Waals surface area contributed by atoms with Crippen molar-refractivity contribution in [3.05, 3.63) is 28.7 Å². The van der Waals surface area contributed by atoms with Gasteiger partial charge in [-0.2, -0.15) is 0 Å². The third-order valence-electron chi connectivity index (χ3n) is 2.48. The molecule has 0 aliphatic carbocycles. The largest absolute Gasteiger partial charge is 0.367 e. The van der Waals surface area contributed by atoms with Crippen molar-refractivity contribution >= 4 is 21.6 Å². The maximum absolute atomic E-state index is 3.55. The van der Waals surface area contributed by atoms with Crippen LogP contribution in [0, 0.1) is 0 Å². The number of hydrogen-bond donors (Lipinski definition) is 1. The van der Waals surface area contributed by atoms with Gasteiger partial charge in [0.1, 0.15) is 0 Å². The summed E-state index contributed by atoms with van der Waals surface area (Å²) in [6.45, 7) is 2.22. The summed E-state index contributed by atoms with van der Waals surface area (Å²) in [6, 6.07) is 9.01. The summed E-state index contributed by atoms with van der Waals surface area (Å²) in [5, 5.41) is 3.26. The lowest BCUT2D eigenvalue weighted by Gasteiger charge is -2.41. The van der Waals surface area contributed by atoms with Crippen molar-refractivity contribution in [3.63, 3.8) is 0 Å². The predicted molar refractivity (Wildman–Crippen MR) is 59.2 cm³/mol. The van der Waals surface area contributed by atoms with E-state index < -0.39 is 0 Å². The Balaban J connectivity index is 2.07. The molecule has 1 aliphatic rings. The van der Waals surface area contributed by atoms with Gasteiger partial charge in [-0.25, -0.2) is 0 Å². The van der Waals surface area contributed by atoms with Gasteiger partial charge >= 0.3 is 0 Å². The standard InChI is InChI=1S/C10H13BrN2/c1-12-8-6-13(7-8)10-5-3-2-4-9(10)11/h2-5,8,12H,6-7H2,1H3. The van der Waals surface area contributed by atoms with Crippen LogP contribution in [-0.2, 0) is 0 Å². The van der Waals surface area contributed by atoms with Gasteiger partial charge in [0.2, 0.25) is 0 Å². The maximum Gasteiger partial charge on any atom is 0.0511 e. The van der Waals surface area contributed by atoms with Crippen LogP contribution in [0.25, 0.3) is 0 Å². The van der Waals surface area contributed by atoms with E-state index in [0.29, 0.717) is 6.04 Å². The summed E-state index contributed by atoms with van der Waals surface area (Å²) in [5.74, 6) is 0. The second-order valence-corrected chi connectivity index (χ2v) is 4.20. The second kappa shape index (κ2) is 3.68. The van der Waals surface area contributed by atoms with Crippen molar-refractivity contribution < 1.29 is 0 Å². The Hall–Kier alpha value is -0.540. The topological polar surface area (TPSA) is 15.3 Å². The molecule has 2 rings (SSSR count). The highest BCUT2D eigenvalue weighted by molar-refractivity contribution is 9.10. The smallest absolute Gasteiger partial charge is 0.0511 e. The molecule has 0 unspecified atom stereocenters. The van der Waals surface area contributed by atoms with E-state index in [4.69, 9.17) is 0 Å². The molecular formula is C10H13BrN2. The van der Waals surface area contributed by atoms with Gasteiger partial charge in [-0.1, -0.05) is 12.1 Å². The van der Waals surface area contributed by atoms with Crippen LogP contribution in [0.5, 0.6) is 0 Å². The molecular weight excluding hydrogens is 228 g/mol. The highest BCUT2D eigenvalue weighted by atomic mass is 79.9. The van der Waals surface area contributed by atoms with Gasteiger partial charge in [-0.3, -0.25) is 0 Å². The molecule has 0 saturated carbocycles. The SMILES string of the molecule is CNC1CN(c2ccccc2Br)C1. The van der Waals surface area contributed by atoms with Crippen LogP contribution in [0.1, 0.15) is 0 Å². The Bertz CT molecular complexity index is 295. The molecule has 1 aromatic carbocycles. The average Bonchev–Trinajstić information content (AvgIpc) is 2.06. The van der Waals surface area contributed by atoms with Crippen LogP contribution in [0.15, 0.2) is 28.7 Å². The average molecular weight is 241 g/mol. The van der Waals surface area contributed by atoms with Gasteiger partial charge < -0.3 is 10.2 Å². The number of nitrogens with zero attached hydrogens (tertiary/aromatic N) is 1. The normalized spacial score (nSPS) is 17.2. The van der Waals surface area contributed by atoms with E-state index in [-0.39, 0.29) is 0 Å². The Labute approximate surface area is 87.1 Å². The van der Waals surface area contributed by atoms with E-state index >= 15 is 0 Å². The van der Waals surface area contributed by atoms with Gasteiger partial charge in [0, 0.05) is 23.6 Å². The number of anilines is 1.